The number of aryl methyl sites for hydroxylation is 1. The van der Waals surface area contributed by atoms with Crippen molar-refractivity contribution in [2.45, 2.75) is 6.92 Å². The number of H-pyrrole nitrogens is 1. The molecule has 0 aliphatic heterocycles. The third kappa shape index (κ3) is 0.876. The van der Waals surface area contributed by atoms with E-state index in [1.807, 2.05) is 25.1 Å². The SMILES string of the molecule is C#Cc1n[nH]c2ccc(C)cc12. The molecule has 0 saturated heterocycles. The second kappa shape index (κ2) is 2.38. The molecule has 0 saturated carbocycles. The quantitative estimate of drug-likeness (QED) is 0.579. The van der Waals surface area contributed by atoms with Crippen LogP contribution in [0.25, 0.3) is 10.9 Å². The molecule has 12 heavy (non-hydrogen) atoms. The van der Waals surface area contributed by atoms with Gasteiger partial charge < -0.3 is 0 Å². The van der Waals surface area contributed by atoms with Gasteiger partial charge in [0, 0.05) is 5.39 Å². The van der Waals surface area contributed by atoms with Crippen molar-refractivity contribution in [1.29, 1.82) is 0 Å². The molecule has 0 fully saturated rings. The van der Waals surface area contributed by atoms with Crippen LogP contribution in [0.15, 0.2) is 18.2 Å². The van der Waals surface area contributed by atoms with E-state index in [1.54, 1.807) is 0 Å². The third-order valence-corrected chi connectivity index (χ3v) is 1.86. The average Bonchev–Trinajstić information content (AvgIpc) is 2.46. The number of aromatic nitrogens is 2. The van der Waals surface area contributed by atoms with E-state index in [0.717, 1.165) is 10.9 Å². The molecule has 1 N–H and O–H groups in total. The summed E-state index contributed by atoms with van der Waals surface area (Å²) in [5.74, 6) is 2.53. The van der Waals surface area contributed by atoms with E-state index < -0.39 is 0 Å². The van der Waals surface area contributed by atoms with Gasteiger partial charge in [-0.3, -0.25) is 5.10 Å². The third-order valence-electron chi connectivity index (χ3n) is 1.86. The molecule has 2 aromatic rings. The van der Waals surface area contributed by atoms with Crippen LogP contribution in [-0.2, 0) is 0 Å². The van der Waals surface area contributed by atoms with Crippen molar-refractivity contribution in [3.63, 3.8) is 0 Å². The highest BCUT2D eigenvalue weighted by molar-refractivity contribution is 5.84. The Kier molecular flexibility index (Phi) is 1.38. The highest BCUT2D eigenvalue weighted by atomic mass is 15.1. The molecule has 58 valence electrons. The largest absolute Gasteiger partial charge is 0.277 e. The van der Waals surface area contributed by atoms with Crippen LogP contribution in [0.1, 0.15) is 11.3 Å². The number of hydrogen-bond acceptors (Lipinski definition) is 1. The van der Waals surface area contributed by atoms with E-state index in [4.69, 9.17) is 6.42 Å². The molecular weight excluding hydrogens is 148 g/mol. The van der Waals surface area contributed by atoms with Crippen LogP contribution < -0.4 is 0 Å². The minimum Gasteiger partial charge on any atom is -0.277 e. The van der Waals surface area contributed by atoms with Gasteiger partial charge in [-0.25, -0.2) is 0 Å². The monoisotopic (exact) mass is 156 g/mol. The molecule has 0 atom stereocenters. The first-order valence-corrected chi connectivity index (χ1v) is 3.72. The summed E-state index contributed by atoms with van der Waals surface area (Å²) >= 11 is 0. The molecule has 2 nitrogen and oxygen atoms in total. The van der Waals surface area contributed by atoms with Crippen molar-refractivity contribution in [2.24, 2.45) is 0 Å². The van der Waals surface area contributed by atoms with E-state index >= 15 is 0 Å². The van der Waals surface area contributed by atoms with Crippen molar-refractivity contribution in [2.75, 3.05) is 0 Å². The second-order valence-electron chi connectivity index (χ2n) is 2.77. The lowest BCUT2D eigenvalue weighted by atomic mass is 10.1. The Balaban J connectivity index is 2.86. The minimum absolute atomic E-state index is 0.689. The van der Waals surface area contributed by atoms with Crippen molar-refractivity contribution in [3.05, 3.63) is 29.5 Å². The molecule has 0 bridgehead atoms. The lowest BCUT2D eigenvalue weighted by molar-refractivity contribution is 1.10. The van der Waals surface area contributed by atoms with Crippen LogP contribution in [0, 0.1) is 19.3 Å². The first-order valence-electron chi connectivity index (χ1n) is 3.72. The molecule has 0 amide bonds. The van der Waals surface area contributed by atoms with Crippen LogP contribution in [0.5, 0.6) is 0 Å². The summed E-state index contributed by atoms with van der Waals surface area (Å²) < 4.78 is 0. The van der Waals surface area contributed by atoms with Crippen LogP contribution in [-0.4, -0.2) is 10.2 Å². The molecule has 0 spiro atoms. The van der Waals surface area contributed by atoms with E-state index in [9.17, 15) is 0 Å². The van der Waals surface area contributed by atoms with Crippen molar-refractivity contribution in [3.8, 4) is 12.3 Å². The van der Waals surface area contributed by atoms with Gasteiger partial charge in [0.1, 0.15) is 5.69 Å². The van der Waals surface area contributed by atoms with Crippen LogP contribution in [0.2, 0.25) is 0 Å². The van der Waals surface area contributed by atoms with Gasteiger partial charge >= 0.3 is 0 Å². The van der Waals surface area contributed by atoms with Crippen LogP contribution in [0.4, 0.5) is 0 Å². The molecule has 1 heterocycles. The van der Waals surface area contributed by atoms with Crippen molar-refractivity contribution in [1.82, 2.24) is 10.2 Å². The van der Waals surface area contributed by atoms with Crippen molar-refractivity contribution < 1.29 is 0 Å². The maximum Gasteiger partial charge on any atom is 0.142 e. The van der Waals surface area contributed by atoms with Gasteiger partial charge in [0.2, 0.25) is 0 Å². The second-order valence-corrected chi connectivity index (χ2v) is 2.77. The molecule has 0 aliphatic rings. The smallest absolute Gasteiger partial charge is 0.142 e. The molecule has 0 unspecified atom stereocenters. The number of nitrogens with one attached hydrogen (secondary N) is 1. The fourth-order valence-corrected chi connectivity index (χ4v) is 1.24. The molecule has 2 rings (SSSR count). The molecule has 0 aliphatic carbocycles. The Morgan fingerprint density at radius 2 is 2.33 bits per heavy atom. The molecule has 1 aromatic carbocycles. The number of aromatic amines is 1. The Morgan fingerprint density at radius 3 is 3.08 bits per heavy atom. The lowest BCUT2D eigenvalue weighted by Crippen LogP contribution is -1.74. The Hall–Kier alpha value is -1.75. The van der Waals surface area contributed by atoms with E-state index in [0.29, 0.717) is 5.69 Å². The number of hydrogen-bond donors (Lipinski definition) is 1. The fourth-order valence-electron chi connectivity index (χ4n) is 1.24. The van der Waals surface area contributed by atoms with Gasteiger partial charge in [-0.15, -0.1) is 6.42 Å². The maximum absolute atomic E-state index is 5.28. The summed E-state index contributed by atoms with van der Waals surface area (Å²) in [6.07, 6.45) is 5.28. The summed E-state index contributed by atoms with van der Waals surface area (Å²) in [6.45, 7) is 2.03. The van der Waals surface area contributed by atoms with Crippen LogP contribution >= 0.6 is 0 Å². The predicted octanol–water partition coefficient (Wildman–Crippen LogP) is 1.85. The van der Waals surface area contributed by atoms with E-state index in [-0.39, 0.29) is 0 Å². The van der Waals surface area contributed by atoms with E-state index in [1.165, 1.54) is 5.56 Å². The Labute approximate surface area is 70.6 Å². The highest BCUT2D eigenvalue weighted by Gasteiger charge is 2.01. The molecule has 0 radical (unpaired) electrons. The summed E-state index contributed by atoms with van der Waals surface area (Å²) in [5.41, 5.74) is 2.88. The fraction of sp³-hybridized carbons (Fsp3) is 0.100. The lowest BCUT2D eigenvalue weighted by Gasteiger charge is -1.91. The zero-order valence-electron chi connectivity index (χ0n) is 6.76. The molecule has 1 aromatic heterocycles. The number of terminal acetylenes is 1. The van der Waals surface area contributed by atoms with Gasteiger partial charge in [-0.1, -0.05) is 11.6 Å². The van der Waals surface area contributed by atoms with Crippen LogP contribution in [0.3, 0.4) is 0 Å². The average molecular weight is 156 g/mol. The van der Waals surface area contributed by atoms with E-state index in [2.05, 4.69) is 16.1 Å². The highest BCUT2D eigenvalue weighted by Crippen LogP contribution is 2.16. The maximum atomic E-state index is 5.28. The van der Waals surface area contributed by atoms with Gasteiger partial charge in [0.05, 0.1) is 5.52 Å². The summed E-state index contributed by atoms with van der Waals surface area (Å²) in [7, 11) is 0. The van der Waals surface area contributed by atoms with Gasteiger partial charge in [0.25, 0.3) is 0 Å². The minimum atomic E-state index is 0.689. The number of nitrogens with zero attached hydrogens (tertiary/aromatic N) is 1. The Bertz CT molecular complexity index is 460. The number of rotatable bonds is 0. The zero-order chi connectivity index (χ0) is 8.55. The normalized spacial score (nSPS) is 10.0. The number of fused-ring (bicyclic) bond motifs is 1. The Morgan fingerprint density at radius 1 is 1.50 bits per heavy atom. The topological polar surface area (TPSA) is 28.7 Å². The summed E-state index contributed by atoms with van der Waals surface area (Å²) in [4.78, 5) is 0. The number of benzene rings is 1. The first-order chi connectivity index (χ1) is 5.81. The summed E-state index contributed by atoms with van der Waals surface area (Å²) in [5, 5.41) is 7.89. The predicted molar refractivity (Wildman–Crippen MR) is 48.8 cm³/mol. The molecular formula is C10H8N2. The summed E-state index contributed by atoms with van der Waals surface area (Å²) in [6, 6.07) is 6.05. The van der Waals surface area contributed by atoms with Gasteiger partial charge in [-0.2, -0.15) is 5.10 Å². The van der Waals surface area contributed by atoms with Gasteiger partial charge in [-0.05, 0) is 25.0 Å². The van der Waals surface area contributed by atoms with Crippen molar-refractivity contribution >= 4 is 10.9 Å². The standard InChI is InChI=1S/C10H8N2/c1-3-9-8-6-7(2)4-5-10(8)12-11-9/h1,4-6H,2H3,(H,11,12). The zero-order valence-corrected chi connectivity index (χ0v) is 6.76. The van der Waals surface area contributed by atoms with Gasteiger partial charge in [0.15, 0.2) is 0 Å². The molecule has 2 heteroatoms. The first kappa shape index (κ1) is 6.93.